The van der Waals surface area contributed by atoms with E-state index in [4.69, 9.17) is 5.26 Å². The molecule has 0 bridgehead atoms. The summed E-state index contributed by atoms with van der Waals surface area (Å²) in [6, 6.07) is 2.21. The molecular weight excluding hydrogens is 224 g/mol. The molecule has 4 nitrogen and oxygen atoms in total. The van der Waals surface area contributed by atoms with E-state index in [1.807, 2.05) is 18.7 Å². The van der Waals surface area contributed by atoms with Gasteiger partial charge in [0.05, 0.1) is 11.8 Å². The summed E-state index contributed by atoms with van der Waals surface area (Å²) in [5.41, 5.74) is 3.76. The number of nitrogens with zero attached hydrogens (tertiary/aromatic N) is 3. The van der Waals surface area contributed by atoms with E-state index in [9.17, 15) is 0 Å². The van der Waals surface area contributed by atoms with Gasteiger partial charge in [0.25, 0.3) is 0 Å². The summed E-state index contributed by atoms with van der Waals surface area (Å²) in [6.07, 6.45) is 1.56. The van der Waals surface area contributed by atoms with Crippen LogP contribution in [0.25, 0.3) is 0 Å². The van der Waals surface area contributed by atoms with Gasteiger partial charge in [0.2, 0.25) is 0 Å². The molecule has 0 saturated carbocycles. The molecule has 0 saturated heterocycles. The van der Waals surface area contributed by atoms with Crippen molar-refractivity contribution in [2.24, 2.45) is 12.5 Å². The number of aromatic nitrogens is 2. The summed E-state index contributed by atoms with van der Waals surface area (Å²) in [6.45, 7) is 10.3. The first-order chi connectivity index (χ1) is 8.37. The normalized spacial score (nSPS) is 11.6. The Labute approximate surface area is 110 Å². The van der Waals surface area contributed by atoms with Crippen LogP contribution in [0.1, 0.15) is 43.6 Å². The fourth-order valence-corrected chi connectivity index (χ4v) is 2.08. The minimum absolute atomic E-state index is 0.166. The molecule has 0 fully saturated rings. The zero-order valence-corrected chi connectivity index (χ0v) is 12.2. The highest BCUT2D eigenvalue weighted by molar-refractivity contribution is 5.23. The molecular formula is C14H24N4. The molecule has 0 aliphatic heterocycles. The van der Waals surface area contributed by atoms with Crippen LogP contribution in [0.4, 0.5) is 0 Å². The maximum Gasteiger partial charge on any atom is 0.0641 e. The molecule has 1 rings (SSSR count). The molecule has 0 aromatic carbocycles. The molecule has 0 amide bonds. The van der Waals surface area contributed by atoms with E-state index >= 15 is 0 Å². The minimum atomic E-state index is 0.166. The number of hydrogen-bond donors (Lipinski definition) is 1. The average molecular weight is 248 g/mol. The Morgan fingerprint density at radius 3 is 2.56 bits per heavy atom. The van der Waals surface area contributed by atoms with E-state index in [1.54, 1.807) is 0 Å². The first-order valence-corrected chi connectivity index (χ1v) is 6.44. The number of aryl methyl sites for hydroxylation is 2. The van der Waals surface area contributed by atoms with Crippen molar-refractivity contribution in [2.45, 2.75) is 47.1 Å². The van der Waals surface area contributed by atoms with Crippen molar-refractivity contribution in [3.63, 3.8) is 0 Å². The highest BCUT2D eigenvalue weighted by Crippen LogP contribution is 2.21. The van der Waals surface area contributed by atoms with E-state index in [1.165, 1.54) is 11.3 Å². The molecule has 0 unspecified atom stereocenters. The third-order valence-corrected chi connectivity index (χ3v) is 3.48. The van der Waals surface area contributed by atoms with Gasteiger partial charge in [-0.2, -0.15) is 10.4 Å². The van der Waals surface area contributed by atoms with E-state index in [-0.39, 0.29) is 5.41 Å². The second kappa shape index (κ2) is 6.01. The van der Waals surface area contributed by atoms with Crippen molar-refractivity contribution >= 4 is 0 Å². The zero-order chi connectivity index (χ0) is 13.8. The van der Waals surface area contributed by atoms with E-state index in [2.05, 4.69) is 37.3 Å². The van der Waals surface area contributed by atoms with Gasteiger partial charge in [-0.05, 0) is 25.7 Å². The lowest BCUT2D eigenvalue weighted by atomic mass is 9.88. The van der Waals surface area contributed by atoms with Gasteiger partial charge in [-0.1, -0.05) is 13.8 Å². The number of nitrogens with one attached hydrogen (secondary N) is 1. The molecule has 0 spiro atoms. The van der Waals surface area contributed by atoms with Crippen LogP contribution in [0.2, 0.25) is 0 Å². The molecule has 4 heteroatoms. The zero-order valence-electron chi connectivity index (χ0n) is 12.2. The molecule has 1 N–H and O–H groups in total. The molecule has 1 aromatic heterocycles. The fraction of sp³-hybridized carbons (Fsp3) is 0.714. The molecule has 1 aromatic rings. The van der Waals surface area contributed by atoms with Crippen molar-refractivity contribution in [3.05, 3.63) is 17.0 Å². The van der Waals surface area contributed by atoms with Crippen molar-refractivity contribution in [1.82, 2.24) is 15.1 Å². The van der Waals surface area contributed by atoms with Crippen LogP contribution in [0, 0.1) is 30.6 Å². The lowest BCUT2D eigenvalue weighted by molar-refractivity contribution is 0.317. The Hall–Kier alpha value is -1.34. The molecule has 0 aliphatic carbocycles. The number of hydrogen-bond acceptors (Lipinski definition) is 3. The van der Waals surface area contributed by atoms with Crippen LogP contribution in [-0.2, 0) is 13.6 Å². The summed E-state index contributed by atoms with van der Waals surface area (Å²) < 4.78 is 1.92. The number of nitriles is 1. The minimum Gasteiger partial charge on any atom is -0.312 e. The predicted octanol–water partition coefficient (Wildman–Crippen LogP) is 2.46. The van der Waals surface area contributed by atoms with Gasteiger partial charge in [-0.25, -0.2) is 0 Å². The third-order valence-electron chi connectivity index (χ3n) is 3.48. The quantitative estimate of drug-likeness (QED) is 0.841. The highest BCUT2D eigenvalue weighted by Gasteiger charge is 2.17. The average Bonchev–Trinajstić information content (AvgIpc) is 2.53. The van der Waals surface area contributed by atoms with Crippen LogP contribution in [0.3, 0.4) is 0 Å². The Morgan fingerprint density at radius 2 is 2.06 bits per heavy atom. The highest BCUT2D eigenvalue weighted by atomic mass is 15.3. The van der Waals surface area contributed by atoms with Crippen LogP contribution in [-0.4, -0.2) is 16.3 Å². The van der Waals surface area contributed by atoms with Crippen molar-refractivity contribution in [2.75, 3.05) is 6.54 Å². The van der Waals surface area contributed by atoms with Gasteiger partial charge in [0.15, 0.2) is 0 Å². The molecule has 0 radical (unpaired) electrons. The second-order valence-corrected chi connectivity index (χ2v) is 5.70. The van der Waals surface area contributed by atoms with E-state index < -0.39 is 0 Å². The molecule has 1 heterocycles. The van der Waals surface area contributed by atoms with E-state index in [0.29, 0.717) is 6.42 Å². The molecule has 0 aliphatic rings. The van der Waals surface area contributed by atoms with Gasteiger partial charge in [0.1, 0.15) is 0 Å². The van der Waals surface area contributed by atoms with Crippen molar-refractivity contribution < 1.29 is 0 Å². The topological polar surface area (TPSA) is 53.6 Å². The van der Waals surface area contributed by atoms with E-state index in [0.717, 1.165) is 25.2 Å². The first-order valence-electron chi connectivity index (χ1n) is 6.44. The van der Waals surface area contributed by atoms with Gasteiger partial charge < -0.3 is 5.32 Å². The molecule has 100 valence electrons. The lowest BCUT2D eigenvalue weighted by Crippen LogP contribution is -2.29. The lowest BCUT2D eigenvalue weighted by Gasteiger charge is -2.23. The maximum absolute atomic E-state index is 8.63. The van der Waals surface area contributed by atoms with Crippen molar-refractivity contribution in [3.8, 4) is 6.07 Å². The third kappa shape index (κ3) is 3.85. The standard InChI is InChI=1S/C14H24N4/c1-11-13(12(2)18(5)17-11)9-16-10-14(3,4)7-6-8-15/h16H,6-7,9-10H2,1-5H3. The monoisotopic (exact) mass is 248 g/mol. The van der Waals surface area contributed by atoms with Crippen LogP contribution >= 0.6 is 0 Å². The maximum atomic E-state index is 8.63. The summed E-state index contributed by atoms with van der Waals surface area (Å²) in [5, 5.41) is 16.5. The van der Waals surface area contributed by atoms with Crippen molar-refractivity contribution in [1.29, 1.82) is 5.26 Å². The van der Waals surface area contributed by atoms with Gasteiger partial charge >= 0.3 is 0 Å². The number of rotatable bonds is 6. The Balaban J connectivity index is 2.49. The van der Waals surface area contributed by atoms with Gasteiger partial charge in [-0.15, -0.1) is 0 Å². The summed E-state index contributed by atoms with van der Waals surface area (Å²) in [4.78, 5) is 0. The Bertz CT molecular complexity index is 437. The predicted molar refractivity (Wildman–Crippen MR) is 73.0 cm³/mol. The summed E-state index contributed by atoms with van der Waals surface area (Å²) >= 11 is 0. The van der Waals surface area contributed by atoms with Gasteiger partial charge in [0, 0.05) is 37.8 Å². The largest absolute Gasteiger partial charge is 0.312 e. The second-order valence-electron chi connectivity index (χ2n) is 5.70. The Kier molecular flexibility index (Phi) is 4.92. The van der Waals surface area contributed by atoms with Crippen LogP contribution < -0.4 is 5.32 Å². The smallest absolute Gasteiger partial charge is 0.0641 e. The summed E-state index contributed by atoms with van der Waals surface area (Å²) in [5.74, 6) is 0. The van der Waals surface area contributed by atoms with Crippen LogP contribution in [0.5, 0.6) is 0 Å². The fourth-order valence-electron chi connectivity index (χ4n) is 2.08. The first kappa shape index (κ1) is 14.7. The van der Waals surface area contributed by atoms with Crippen LogP contribution in [0.15, 0.2) is 0 Å². The Morgan fingerprint density at radius 1 is 1.39 bits per heavy atom. The molecule has 18 heavy (non-hydrogen) atoms. The summed E-state index contributed by atoms with van der Waals surface area (Å²) in [7, 11) is 1.97. The SMILES string of the molecule is Cc1nn(C)c(C)c1CNCC(C)(C)CCC#N. The molecule has 0 atom stereocenters. The van der Waals surface area contributed by atoms with Gasteiger partial charge in [-0.3, -0.25) is 4.68 Å².